The molecule has 2 nitrogen and oxygen atoms in total. The zero-order valence-corrected chi connectivity index (χ0v) is 11.7. The molecular weight excluding hydrogens is 302 g/mol. The van der Waals surface area contributed by atoms with Crippen LogP contribution in [0.25, 0.3) is 11.4 Å². The molecular formula is C11H6Cl4N2. The first-order valence-electron chi connectivity index (χ1n) is 4.64. The van der Waals surface area contributed by atoms with E-state index in [1.54, 1.807) is 25.1 Å². The molecule has 1 aromatic heterocycles. The molecule has 0 spiro atoms. The van der Waals surface area contributed by atoms with Crippen LogP contribution >= 0.6 is 46.4 Å². The van der Waals surface area contributed by atoms with Gasteiger partial charge in [0, 0.05) is 11.1 Å². The Morgan fingerprint density at radius 1 is 0.882 bits per heavy atom. The Morgan fingerprint density at radius 2 is 1.47 bits per heavy atom. The van der Waals surface area contributed by atoms with E-state index >= 15 is 0 Å². The van der Waals surface area contributed by atoms with Crippen molar-refractivity contribution in [1.29, 1.82) is 0 Å². The van der Waals surface area contributed by atoms with Gasteiger partial charge in [-0.3, -0.25) is 0 Å². The highest BCUT2D eigenvalue weighted by molar-refractivity contribution is 6.42. The predicted molar refractivity (Wildman–Crippen MR) is 72.2 cm³/mol. The van der Waals surface area contributed by atoms with Crippen molar-refractivity contribution >= 4 is 46.4 Å². The van der Waals surface area contributed by atoms with E-state index in [0.717, 1.165) is 0 Å². The van der Waals surface area contributed by atoms with E-state index in [2.05, 4.69) is 9.97 Å². The maximum absolute atomic E-state index is 5.95. The molecule has 0 bridgehead atoms. The smallest absolute Gasteiger partial charge is 0.162 e. The number of rotatable bonds is 1. The lowest BCUT2D eigenvalue weighted by molar-refractivity contribution is 1.14. The highest BCUT2D eigenvalue weighted by Gasteiger charge is 2.10. The first kappa shape index (κ1) is 12.9. The zero-order valence-electron chi connectivity index (χ0n) is 8.64. The lowest BCUT2D eigenvalue weighted by atomic mass is 10.2. The third-order valence-electron chi connectivity index (χ3n) is 2.20. The van der Waals surface area contributed by atoms with Gasteiger partial charge in [-0.1, -0.05) is 46.4 Å². The molecule has 0 atom stereocenters. The first-order chi connectivity index (χ1) is 7.99. The topological polar surface area (TPSA) is 25.8 Å². The molecule has 0 unspecified atom stereocenters. The summed E-state index contributed by atoms with van der Waals surface area (Å²) in [5.74, 6) is 0.421. The van der Waals surface area contributed by atoms with Gasteiger partial charge in [0.15, 0.2) is 5.82 Å². The first-order valence-corrected chi connectivity index (χ1v) is 6.15. The van der Waals surface area contributed by atoms with Gasteiger partial charge < -0.3 is 0 Å². The summed E-state index contributed by atoms with van der Waals surface area (Å²) >= 11 is 23.6. The zero-order chi connectivity index (χ0) is 12.6. The summed E-state index contributed by atoms with van der Waals surface area (Å²) in [6.07, 6.45) is 0. The quantitative estimate of drug-likeness (QED) is 0.688. The normalized spacial score (nSPS) is 10.6. The SMILES string of the molecule is Cc1c(Cl)nc(-c2ccc(Cl)c(Cl)c2)nc1Cl. The highest BCUT2D eigenvalue weighted by atomic mass is 35.5. The maximum Gasteiger partial charge on any atom is 0.162 e. The Morgan fingerprint density at radius 3 is 2.00 bits per heavy atom. The molecule has 0 saturated heterocycles. The van der Waals surface area contributed by atoms with Crippen LogP contribution in [0.4, 0.5) is 0 Å². The van der Waals surface area contributed by atoms with Crippen molar-refractivity contribution in [3.8, 4) is 11.4 Å². The molecule has 0 aliphatic rings. The summed E-state index contributed by atoms with van der Waals surface area (Å²) in [7, 11) is 0. The van der Waals surface area contributed by atoms with Gasteiger partial charge in [-0.25, -0.2) is 9.97 Å². The lowest BCUT2D eigenvalue weighted by Crippen LogP contribution is -1.93. The van der Waals surface area contributed by atoms with E-state index in [1.165, 1.54) is 0 Å². The molecule has 0 amide bonds. The highest BCUT2D eigenvalue weighted by Crippen LogP contribution is 2.29. The molecule has 0 aliphatic heterocycles. The molecule has 0 saturated carbocycles. The molecule has 17 heavy (non-hydrogen) atoms. The summed E-state index contributed by atoms with van der Waals surface area (Å²) in [5, 5.41) is 1.55. The maximum atomic E-state index is 5.95. The molecule has 1 heterocycles. The summed E-state index contributed by atoms with van der Waals surface area (Å²) in [6.45, 7) is 1.75. The van der Waals surface area contributed by atoms with Crippen molar-refractivity contribution in [3.05, 3.63) is 44.1 Å². The number of nitrogens with zero attached hydrogens (tertiary/aromatic N) is 2. The van der Waals surface area contributed by atoms with Crippen molar-refractivity contribution in [3.63, 3.8) is 0 Å². The fourth-order valence-electron chi connectivity index (χ4n) is 1.23. The van der Waals surface area contributed by atoms with Crippen LogP contribution < -0.4 is 0 Å². The van der Waals surface area contributed by atoms with Gasteiger partial charge in [0.1, 0.15) is 10.3 Å². The third kappa shape index (κ3) is 2.66. The van der Waals surface area contributed by atoms with Crippen LogP contribution in [0.1, 0.15) is 5.56 Å². The minimum absolute atomic E-state index is 0.325. The number of aromatic nitrogens is 2. The minimum atomic E-state index is 0.325. The van der Waals surface area contributed by atoms with Gasteiger partial charge in [0.25, 0.3) is 0 Å². The molecule has 1 aromatic carbocycles. The number of halogens is 4. The largest absolute Gasteiger partial charge is 0.216 e. The average Bonchev–Trinajstić information content (AvgIpc) is 2.29. The molecule has 0 N–H and O–H groups in total. The van der Waals surface area contributed by atoms with E-state index in [4.69, 9.17) is 46.4 Å². The van der Waals surface area contributed by atoms with Gasteiger partial charge >= 0.3 is 0 Å². The van der Waals surface area contributed by atoms with Crippen molar-refractivity contribution in [2.24, 2.45) is 0 Å². The monoisotopic (exact) mass is 306 g/mol. The van der Waals surface area contributed by atoms with Gasteiger partial charge in [0.05, 0.1) is 10.0 Å². The van der Waals surface area contributed by atoms with E-state index in [0.29, 0.717) is 37.3 Å². The van der Waals surface area contributed by atoms with Crippen molar-refractivity contribution in [1.82, 2.24) is 9.97 Å². The molecule has 0 radical (unpaired) electrons. The second kappa shape index (κ2) is 4.99. The van der Waals surface area contributed by atoms with Gasteiger partial charge in [-0.15, -0.1) is 0 Å². The van der Waals surface area contributed by atoms with Gasteiger partial charge in [0.2, 0.25) is 0 Å². The Balaban J connectivity index is 2.57. The number of benzene rings is 1. The van der Waals surface area contributed by atoms with E-state index in [-0.39, 0.29) is 0 Å². The van der Waals surface area contributed by atoms with Crippen LogP contribution in [-0.4, -0.2) is 9.97 Å². The van der Waals surface area contributed by atoms with Crippen molar-refractivity contribution < 1.29 is 0 Å². The van der Waals surface area contributed by atoms with Crippen LogP contribution in [0.5, 0.6) is 0 Å². The van der Waals surface area contributed by atoms with Crippen LogP contribution in [0, 0.1) is 6.92 Å². The van der Waals surface area contributed by atoms with E-state index in [1.807, 2.05) is 0 Å². The molecule has 0 fully saturated rings. The van der Waals surface area contributed by atoms with Crippen LogP contribution in [0.2, 0.25) is 20.4 Å². The number of hydrogen-bond donors (Lipinski definition) is 0. The van der Waals surface area contributed by atoms with Gasteiger partial charge in [-0.2, -0.15) is 0 Å². The van der Waals surface area contributed by atoms with Crippen LogP contribution in [0.3, 0.4) is 0 Å². The summed E-state index contributed by atoms with van der Waals surface area (Å²) in [4.78, 5) is 8.29. The summed E-state index contributed by atoms with van der Waals surface area (Å²) < 4.78 is 0. The standard InChI is InChI=1S/C11H6Cl4N2/c1-5-9(14)16-11(17-10(5)15)6-2-3-7(12)8(13)4-6/h2-4H,1H3. The summed E-state index contributed by atoms with van der Waals surface area (Å²) in [5.41, 5.74) is 1.36. The molecule has 2 aromatic rings. The van der Waals surface area contributed by atoms with Crippen molar-refractivity contribution in [2.45, 2.75) is 6.92 Å². The Kier molecular flexibility index (Phi) is 3.79. The van der Waals surface area contributed by atoms with Gasteiger partial charge in [-0.05, 0) is 25.1 Å². The second-order valence-electron chi connectivity index (χ2n) is 3.38. The molecule has 0 aliphatic carbocycles. The van der Waals surface area contributed by atoms with Crippen LogP contribution in [0.15, 0.2) is 18.2 Å². The van der Waals surface area contributed by atoms with E-state index in [9.17, 15) is 0 Å². The predicted octanol–water partition coefficient (Wildman–Crippen LogP) is 5.07. The fourth-order valence-corrected chi connectivity index (χ4v) is 1.91. The average molecular weight is 308 g/mol. The van der Waals surface area contributed by atoms with Crippen molar-refractivity contribution in [2.75, 3.05) is 0 Å². The third-order valence-corrected chi connectivity index (χ3v) is 3.68. The Bertz CT molecular complexity index is 561. The lowest BCUT2D eigenvalue weighted by Gasteiger charge is -2.05. The molecule has 2 rings (SSSR count). The van der Waals surface area contributed by atoms with E-state index < -0.39 is 0 Å². The Hall–Kier alpha value is -0.540. The minimum Gasteiger partial charge on any atom is -0.216 e. The summed E-state index contributed by atoms with van der Waals surface area (Å²) in [6, 6.07) is 5.09. The molecule has 88 valence electrons. The number of hydrogen-bond acceptors (Lipinski definition) is 2. The Labute approximate surface area is 119 Å². The molecule has 6 heteroatoms. The second-order valence-corrected chi connectivity index (χ2v) is 4.91. The van der Waals surface area contributed by atoms with Crippen LogP contribution in [-0.2, 0) is 0 Å². The fraction of sp³-hybridized carbons (Fsp3) is 0.0909.